The highest BCUT2D eigenvalue weighted by molar-refractivity contribution is 7.92. The molecule has 0 fully saturated rings. The summed E-state index contributed by atoms with van der Waals surface area (Å²) in [6.45, 7) is 4.03. The van der Waals surface area contributed by atoms with Crippen molar-refractivity contribution in [3.05, 3.63) is 63.1 Å². The van der Waals surface area contributed by atoms with Crippen LogP contribution in [0.3, 0.4) is 0 Å². The molecule has 0 spiro atoms. The molecule has 3 nitrogen and oxygen atoms in total. The normalized spacial score (nSPS) is 11.5. The molecule has 0 radical (unpaired) electrons. The van der Waals surface area contributed by atoms with E-state index in [1.165, 1.54) is 10.6 Å². The third-order valence-electron chi connectivity index (χ3n) is 3.57. The van der Waals surface area contributed by atoms with Crippen molar-refractivity contribution < 1.29 is 8.42 Å². The van der Waals surface area contributed by atoms with E-state index < -0.39 is 10.0 Å². The number of nitrogens with zero attached hydrogens (tertiary/aromatic N) is 1. The van der Waals surface area contributed by atoms with Gasteiger partial charge in [0.25, 0.3) is 0 Å². The largest absolute Gasteiger partial charge is 0.266 e. The lowest BCUT2D eigenvalue weighted by molar-refractivity contribution is 0.596. The van der Waals surface area contributed by atoms with E-state index in [9.17, 15) is 8.42 Å². The van der Waals surface area contributed by atoms with Gasteiger partial charge in [0, 0.05) is 10.0 Å². The van der Waals surface area contributed by atoms with Gasteiger partial charge in [-0.25, -0.2) is 8.42 Å². The van der Waals surface area contributed by atoms with E-state index in [2.05, 4.69) is 0 Å². The summed E-state index contributed by atoms with van der Waals surface area (Å²) < 4.78 is 25.8. The Morgan fingerprint density at radius 2 is 1.77 bits per heavy atom. The van der Waals surface area contributed by atoms with Gasteiger partial charge in [-0.1, -0.05) is 41.4 Å². The number of aryl methyl sites for hydroxylation is 1. The van der Waals surface area contributed by atoms with E-state index in [-0.39, 0.29) is 6.54 Å². The molecular formula is C16H17Cl2NO2S. The SMILES string of the molecule is Cc1cccc(N(Cc2ccc(Cl)cc2Cl)S(C)(=O)=O)c1C. The second-order valence-corrected chi connectivity index (χ2v) is 7.97. The Morgan fingerprint density at radius 3 is 2.36 bits per heavy atom. The number of hydrogen-bond acceptors (Lipinski definition) is 2. The zero-order chi connectivity index (χ0) is 16.5. The number of anilines is 1. The van der Waals surface area contributed by atoms with Crippen molar-refractivity contribution in [2.45, 2.75) is 20.4 Å². The first-order valence-corrected chi connectivity index (χ1v) is 9.28. The van der Waals surface area contributed by atoms with E-state index in [4.69, 9.17) is 23.2 Å². The predicted octanol–water partition coefficient (Wildman–Crippen LogP) is 4.58. The highest BCUT2D eigenvalue weighted by Crippen LogP contribution is 2.29. The van der Waals surface area contributed by atoms with Crippen LogP contribution >= 0.6 is 23.2 Å². The lowest BCUT2D eigenvalue weighted by Gasteiger charge is -2.25. The molecule has 0 atom stereocenters. The lowest BCUT2D eigenvalue weighted by Crippen LogP contribution is -2.30. The second-order valence-electron chi connectivity index (χ2n) is 5.22. The monoisotopic (exact) mass is 357 g/mol. The maximum Gasteiger partial charge on any atom is 0.232 e. The van der Waals surface area contributed by atoms with Crippen LogP contribution in [0, 0.1) is 13.8 Å². The maximum absolute atomic E-state index is 12.2. The Morgan fingerprint density at radius 1 is 1.09 bits per heavy atom. The summed E-state index contributed by atoms with van der Waals surface area (Å²) in [6, 6.07) is 10.7. The number of sulfonamides is 1. The van der Waals surface area contributed by atoms with Gasteiger partial charge in [-0.2, -0.15) is 0 Å². The molecule has 0 saturated carbocycles. The van der Waals surface area contributed by atoms with Gasteiger partial charge >= 0.3 is 0 Å². The zero-order valence-electron chi connectivity index (χ0n) is 12.6. The van der Waals surface area contributed by atoms with Crippen molar-refractivity contribution >= 4 is 38.9 Å². The van der Waals surface area contributed by atoms with Gasteiger partial charge in [0.2, 0.25) is 10.0 Å². The number of halogens is 2. The third-order valence-corrected chi connectivity index (χ3v) is 5.29. The molecule has 0 N–H and O–H groups in total. The minimum absolute atomic E-state index is 0.166. The Hall–Kier alpha value is -1.23. The first-order chi connectivity index (χ1) is 10.2. The van der Waals surface area contributed by atoms with Crippen molar-refractivity contribution in [3.63, 3.8) is 0 Å². The van der Waals surface area contributed by atoms with E-state index in [1.54, 1.807) is 24.3 Å². The van der Waals surface area contributed by atoms with Crippen LogP contribution in [0.25, 0.3) is 0 Å². The van der Waals surface area contributed by atoms with E-state index in [0.717, 1.165) is 11.1 Å². The van der Waals surface area contributed by atoms with Gasteiger partial charge < -0.3 is 0 Å². The van der Waals surface area contributed by atoms with Gasteiger partial charge in [0.15, 0.2) is 0 Å². The number of rotatable bonds is 4. The minimum atomic E-state index is -3.44. The molecule has 2 aromatic rings. The summed E-state index contributed by atoms with van der Waals surface area (Å²) in [7, 11) is -3.44. The summed E-state index contributed by atoms with van der Waals surface area (Å²) in [5.74, 6) is 0. The second kappa shape index (κ2) is 6.49. The fraction of sp³-hybridized carbons (Fsp3) is 0.250. The Balaban J connectivity index is 2.51. The molecule has 0 bridgehead atoms. The molecule has 0 unspecified atom stereocenters. The Kier molecular flexibility index (Phi) is 5.05. The molecular weight excluding hydrogens is 341 g/mol. The van der Waals surface area contributed by atoms with Crippen LogP contribution in [0.2, 0.25) is 10.0 Å². The molecule has 0 aliphatic heterocycles. The molecule has 0 heterocycles. The standard InChI is InChI=1S/C16H17Cl2NO2S/c1-11-5-4-6-16(12(11)2)19(22(3,20)21)10-13-7-8-14(17)9-15(13)18/h4-9H,10H2,1-3H3. The number of benzene rings is 2. The van der Waals surface area contributed by atoms with Crippen molar-refractivity contribution in [3.8, 4) is 0 Å². The molecule has 2 rings (SSSR count). The molecule has 0 saturated heterocycles. The van der Waals surface area contributed by atoms with Gasteiger partial charge in [-0.15, -0.1) is 0 Å². The van der Waals surface area contributed by atoms with E-state index in [0.29, 0.717) is 21.3 Å². The summed E-state index contributed by atoms with van der Waals surface area (Å²) in [5, 5.41) is 0.970. The van der Waals surface area contributed by atoms with Crippen LogP contribution < -0.4 is 4.31 Å². The van der Waals surface area contributed by atoms with Gasteiger partial charge in [0.1, 0.15) is 0 Å². The van der Waals surface area contributed by atoms with Gasteiger partial charge in [-0.05, 0) is 48.7 Å². The highest BCUT2D eigenvalue weighted by atomic mass is 35.5. The first kappa shape index (κ1) is 17.1. The van der Waals surface area contributed by atoms with E-state index >= 15 is 0 Å². The topological polar surface area (TPSA) is 37.4 Å². The molecule has 0 aromatic heterocycles. The minimum Gasteiger partial charge on any atom is -0.266 e. The summed E-state index contributed by atoms with van der Waals surface area (Å²) >= 11 is 12.1. The maximum atomic E-state index is 12.2. The summed E-state index contributed by atoms with van der Waals surface area (Å²) in [5.41, 5.74) is 3.33. The molecule has 0 amide bonds. The molecule has 0 aliphatic carbocycles. The average molecular weight is 358 g/mol. The fourth-order valence-electron chi connectivity index (χ4n) is 2.19. The first-order valence-electron chi connectivity index (χ1n) is 6.68. The van der Waals surface area contributed by atoms with E-state index in [1.807, 2.05) is 26.0 Å². The number of hydrogen-bond donors (Lipinski definition) is 0. The average Bonchev–Trinajstić information content (AvgIpc) is 2.40. The third kappa shape index (κ3) is 3.75. The smallest absolute Gasteiger partial charge is 0.232 e. The van der Waals surface area contributed by atoms with Crippen LogP contribution in [-0.4, -0.2) is 14.7 Å². The van der Waals surface area contributed by atoms with Crippen LogP contribution in [0.5, 0.6) is 0 Å². The van der Waals surface area contributed by atoms with Crippen molar-refractivity contribution in [2.24, 2.45) is 0 Å². The van der Waals surface area contributed by atoms with Crippen LogP contribution in [0.4, 0.5) is 5.69 Å². The zero-order valence-corrected chi connectivity index (χ0v) is 14.9. The molecule has 2 aromatic carbocycles. The molecule has 118 valence electrons. The van der Waals surface area contributed by atoms with Crippen LogP contribution in [-0.2, 0) is 16.6 Å². The van der Waals surface area contributed by atoms with Crippen molar-refractivity contribution in [2.75, 3.05) is 10.6 Å². The quantitative estimate of drug-likeness (QED) is 0.803. The van der Waals surface area contributed by atoms with Gasteiger partial charge in [0.05, 0.1) is 18.5 Å². The van der Waals surface area contributed by atoms with Crippen LogP contribution in [0.1, 0.15) is 16.7 Å². The predicted molar refractivity (Wildman–Crippen MR) is 93.4 cm³/mol. The Labute approximate surface area is 141 Å². The molecule has 0 aliphatic rings. The van der Waals surface area contributed by atoms with Crippen molar-refractivity contribution in [1.82, 2.24) is 0 Å². The Bertz CT molecular complexity index is 804. The highest BCUT2D eigenvalue weighted by Gasteiger charge is 2.21. The van der Waals surface area contributed by atoms with Crippen LogP contribution in [0.15, 0.2) is 36.4 Å². The summed E-state index contributed by atoms with van der Waals surface area (Å²) in [4.78, 5) is 0. The molecule has 6 heteroatoms. The van der Waals surface area contributed by atoms with Crippen molar-refractivity contribution in [1.29, 1.82) is 0 Å². The molecule has 22 heavy (non-hydrogen) atoms. The fourth-order valence-corrected chi connectivity index (χ4v) is 3.59. The lowest BCUT2D eigenvalue weighted by atomic mass is 10.1. The summed E-state index contributed by atoms with van der Waals surface area (Å²) in [6.07, 6.45) is 1.19. The van der Waals surface area contributed by atoms with Gasteiger partial charge in [-0.3, -0.25) is 4.31 Å².